The molecule has 6 nitrogen and oxygen atoms in total. The first-order valence-corrected chi connectivity index (χ1v) is 8.03. The molecule has 0 radical (unpaired) electrons. The summed E-state index contributed by atoms with van der Waals surface area (Å²) in [5, 5.41) is 9.24. The Bertz CT molecular complexity index is 763. The van der Waals surface area contributed by atoms with Crippen LogP contribution in [0.25, 0.3) is 0 Å². The van der Waals surface area contributed by atoms with Crippen molar-refractivity contribution in [3.05, 3.63) is 23.5 Å². The van der Waals surface area contributed by atoms with Gasteiger partial charge in [-0.05, 0) is 18.3 Å². The molecule has 118 valence electrons. The maximum Gasteiger partial charge on any atom is 0.255 e. The van der Waals surface area contributed by atoms with Gasteiger partial charge in [-0.15, -0.1) is 0 Å². The van der Waals surface area contributed by atoms with E-state index in [2.05, 4.69) is 18.0 Å². The topological polar surface area (TPSA) is 75.5 Å². The molecule has 1 saturated carbocycles. The molecule has 0 spiro atoms. The van der Waals surface area contributed by atoms with Crippen molar-refractivity contribution in [3.8, 4) is 11.8 Å². The van der Waals surface area contributed by atoms with Crippen LogP contribution in [0.1, 0.15) is 43.4 Å². The summed E-state index contributed by atoms with van der Waals surface area (Å²) in [7, 11) is 0. The molecule has 0 aromatic carbocycles. The zero-order valence-corrected chi connectivity index (χ0v) is 12.9. The van der Waals surface area contributed by atoms with Crippen LogP contribution in [-0.4, -0.2) is 40.6 Å². The Labute approximate surface area is 134 Å². The second-order valence-electron chi connectivity index (χ2n) is 7.61. The zero-order chi connectivity index (χ0) is 15.8. The molecular formula is C17H17N3O3. The molecular weight excluding hydrogens is 294 g/mol. The summed E-state index contributed by atoms with van der Waals surface area (Å²) in [5.74, 6) is 0.682. The number of amides is 1. The van der Waals surface area contributed by atoms with E-state index in [4.69, 9.17) is 9.47 Å². The molecule has 5 heterocycles. The lowest BCUT2D eigenvalue weighted by Gasteiger charge is -2.43. The van der Waals surface area contributed by atoms with Gasteiger partial charge in [0.25, 0.3) is 5.91 Å². The van der Waals surface area contributed by atoms with E-state index < -0.39 is 5.60 Å². The van der Waals surface area contributed by atoms with Gasteiger partial charge in [0.1, 0.15) is 29.1 Å². The van der Waals surface area contributed by atoms with Crippen molar-refractivity contribution in [2.75, 3.05) is 13.2 Å². The first kappa shape index (κ1) is 13.3. The number of ether oxygens (including phenoxy) is 2. The Morgan fingerprint density at radius 2 is 2.30 bits per heavy atom. The Balaban J connectivity index is 1.50. The van der Waals surface area contributed by atoms with Crippen LogP contribution in [0.4, 0.5) is 0 Å². The summed E-state index contributed by atoms with van der Waals surface area (Å²) in [6, 6.07) is 2.07. The molecule has 6 heteroatoms. The Morgan fingerprint density at radius 1 is 1.48 bits per heavy atom. The van der Waals surface area contributed by atoms with Crippen LogP contribution in [0.5, 0.6) is 5.75 Å². The van der Waals surface area contributed by atoms with Gasteiger partial charge in [-0.2, -0.15) is 5.26 Å². The van der Waals surface area contributed by atoms with Crippen molar-refractivity contribution >= 4 is 5.91 Å². The first-order chi connectivity index (χ1) is 11.0. The summed E-state index contributed by atoms with van der Waals surface area (Å²) >= 11 is 0. The highest BCUT2D eigenvalue weighted by molar-refractivity contribution is 5.88. The smallest absolute Gasteiger partial charge is 0.255 e. The lowest BCUT2D eigenvalue weighted by atomic mass is 9.63. The molecule has 4 bridgehead atoms. The SMILES string of the molecule is CC12COC(C(=O)N3C[C@@H]4C[C@H]3c3cncc(C#N)c3O4)(C1)C2. The average Bonchev–Trinajstić information content (AvgIpc) is 3.16. The van der Waals surface area contributed by atoms with Crippen molar-refractivity contribution in [1.29, 1.82) is 5.26 Å². The molecule has 1 aromatic rings. The van der Waals surface area contributed by atoms with E-state index in [9.17, 15) is 10.1 Å². The second kappa shape index (κ2) is 4.04. The van der Waals surface area contributed by atoms with Crippen molar-refractivity contribution in [2.45, 2.75) is 43.9 Å². The van der Waals surface area contributed by atoms with Crippen molar-refractivity contribution in [3.63, 3.8) is 0 Å². The van der Waals surface area contributed by atoms with Gasteiger partial charge in [-0.3, -0.25) is 9.78 Å². The number of hydrogen-bond donors (Lipinski definition) is 0. The molecule has 23 heavy (non-hydrogen) atoms. The molecule has 2 atom stereocenters. The van der Waals surface area contributed by atoms with Gasteiger partial charge in [0, 0.05) is 24.4 Å². The summed E-state index contributed by atoms with van der Waals surface area (Å²) in [5.41, 5.74) is 0.849. The maximum absolute atomic E-state index is 13.1. The quantitative estimate of drug-likeness (QED) is 0.786. The predicted octanol–water partition coefficient (Wildman–Crippen LogP) is 1.56. The number of carbonyl (C=O) groups excluding carboxylic acids is 1. The molecule has 6 rings (SSSR count). The van der Waals surface area contributed by atoms with Crippen molar-refractivity contribution in [1.82, 2.24) is 9.88 Å². The van der Waals surface area contributed by atoms with Crippen LogP contribution in [0, 0.1) is 16.7 Å². The van der Waals surface area contributed by atoms with E-state index in [-0.39, 0.29) is 23.5 Å². The number of fused-ring (bicyclic) bond motifs is 5. The molecule has 0 N–H and O–H groups in total. The van der Waals surface area contributed by atoms with E-state index in [0.717, 1.165) is 24.8 Å². The zero-order valence-electron chi connectivity index (χ0n) is 12.9. The second-order valence-corrected chi connectivity index (χ2v) is 7.61. The third-order valence-corrected chi connectivity index (χ3v) is 5.72. The highest BCUT2D eigenvalue weighted by Gasteiger charge is 2.66. The molecule has 5 aliphatic rings. The number of pyridine rings is 1. The molecule has 4 fully saturated rings. The van der Waals surface area contributed by atoms with E-state index in [0.29, 0.717) is 24.5 Å². The number of hydrogen-bond acceptors (Lipinski definition) is 5. The van der Waals surface area contributed by atoms with Crippen LogP contribution in [-0.2, 0) is 9.53 Å². The largest absolute Gasteiger partial charge is 0.487 e. The molecule has 1 aliphatic carbocycles. The Hall–Kier alpha value is -2.13. The number of aromatic nitrogens is 1. The molecule has 3 saturated heterocycles. The minimum absolute atomic E-state index is 0.0461. The fourth-order valence-electron chi connectivity index (χ4n) is 4.80. The summed E-state index contributed by atoms with van der Waals surface area (Å²) < 4.78 is 11.8. The van der Waals surface area contributed by atoms with Crippen LogP contribution >= 0.6 is 0 Å². The third kappa shape index (κ3) is 1.61. The number of carbonyl (C=O) groups is 1. The van der Waals surface area contributed by atoms with Gasteiger partial charge < -0.3 is 14.4 Å². The van der Waals surface area contributed by atoms with Crippen LogP contribution < -0.4 is 4.74 Å². The highest BCUT2D eigenvalue weighted by atomic mass is 16.5. The van der Waals surface area contributed by atoms with E-state index in [1.807, 2.05) is 4.90 Å². The van der Waals surface area contributed by atoms with Crippen LogP contribution in [0.3, 0.4) is 0 Å². The summed E-state index contributed by atoms with van der Waals surface area (Å²) in [6.45, 7) is 3.41. The van der Waals surface area contributed by atoms with Crippen LogP contribution in [0.2, 0.25) is 0 Å². The van der Waals surface area contributed by atoms with Gasteiger partial charge >= 0.3 is 0 Å². The standard InChI is InChI=1S/C17H17N3O3/c1-16-7-17(8-16,22-9-16)15(21)20-6-11-2-13(20)12-5-19-4-10(3-18)14(12)23-11/h4-5,11,13H,2,6-9H2,1H3/t11-,13-,16?,17?/m0/s1. The fourth-order valence-corrected chi connectivity index (χ4v) is 4.80. The minimum Gasteiger partial charge on any atom is -0.487 e. The number of nitrogens with zero attached hydrogens (tertiary/aromatic N) is 3. The Morgan fingerprint density at radius 3 is 3.00 bits per heavy atom. The number of nitriles is 1. The third-order valence-electron chi connectivity index (χ3n) is 5.72. The van der Waals surface area contributed by atoms with E-state index in [1.165, 1.54) is 6.20 Å². The van der Waals surface area contributed by atoms with Gasteiger partial charge in [-0.1, -0.05) is 6.92 Å². The molecule has 0 unspecified atom stereocenters. The van der Waals surface area contributed by atoms with E-state index >= 15 is 0 Å². The van der Waals surface area contributed by atoms with Gasteiger partial charge in [0.15, 0.2) is 0 Å². The Kier molecular flexibility index (Phi) is 2.34. The van der Waals surface area contributed by atoms with Crippen molar-refractivity contribution in [2.24, 2.45) is 5.41 Å². The van der Waals surface area contributed by atoms with E-state index in [1.54, 1.807) is 6.20 Å². The monoisotopic (exact) mass is 311 g/mol. The van der Waals surface area contributed by atoms with Gasteiger partial charge in [0.2, 0.25) is 0 Å². The lowest BCUT2D eigenvalue weighted by Crippen LogP contribution is -2.55. The van der Waals surface area contributed by atoms with Gasteiger partial charge in [0.05, 0.1) is 19.2 Å². The normalized spacial score (nSPS) is 39.2. The first-order valence-electron chi connectivity index (χ1n) is 8.03. The van der Waals surface area contributed by atoms with Crippen LogP contribution in [0.15, 0.2) is 12.4 Å². The predicted molar refractivity (Wildman–Crippen MR) is 78.5 cm³/mol. The molecule has 1 aromatic heterocycles. The molecule has 1 amide bonds. The van der Waals surface area contributed by atoms with Gasteiger partial charge in [-0.25, -0.2) is 0 Å². The fraction of sp³-hybridized carbons (Fsp3) is 0.588. The number of likely N-dealkylation sites (tertiary alicyclic amines) is 1. The minimum atomic E-state index is -0.618. The molecule has 4 aliphatic heterocycles. The average molecular weight is 311 g/mol. The highest BCUT2D eigenvalue weighted by Crippen LogP contribution is 2.59. The number of rotatable bonds is 1. The lowest BCUT2D eigenvalue weighted by molar-refractivity contribution is -0.158. The van der Waals surface area contributed by atoms with Crippen molar-refractivity contribution < 1.29 is 14.3 Å². The summed E-state index contributed by atoms with van der Waals surface area (Å²) in [4.78, 5) is 19.2. The summed E-state index contributed by atoms with van der Waals surface area (Å²) in [6.07, 6.45) is 5.60. The maximum atomic E-state index is 13.1.